The van der Waals surface area contributed by atoms with Crippen molar-refractivity contribution < 1.29 is 4.74 Å². The van der Waals surface area contributed by atoms with Gasteiger partial charge in [-0.3, -0.25) is 0 Å². The van der Waals surface area contributed by atoms with Crippen LogP contribution in [0.2, 0.25) is 0 Å². The Kier molecular flexibility index (Phi) is 6.04. The Morgan fingerprint density at radius 3 is 2.81 bits per heavy atom. The summed E-state index contributed by atoms with van der Waals surface area (Å²) in [5.41, 5.74) is 1.17. The van der Waals surface area contributed by atoms with Crippen molar-refractivity contribution in [1.29, 1.82) is 0 Å². The summed E-state index contributed by atoms with van der Waals surface area (Å²) in [5.74, 6) is 0.950. The summed E-state index contributed by atoms with van der Waals surface area (Å²) in [5, 5.41) is 3.18. The van der Waals surface area contributed by atoms with Crippen molar-refractivity contribution in [3.8, 4) is 5.75 Å². The molecule has 86 valence electrons. The Morgan fingerprint density at radius 2 is 2.06 bits per heavy atom. The number of hydrogen-bond donors (Lipinski definition) is 1. The predicted molar refractivity (Wildman–Crippen MR) is 68.9 cm³/mol. The van der Waals surface area contributed by atoms with Crippen LogP contribution < -0.4 is 10.1 Å². The van der Waals surface area contributed by atoms with E-state index in [1.807, 2.05) is 43.3 Å². The van der Waals surface area contributed by atoms with E-state index in [-0.39, 0.29) is 0 Å². The van der Waals surface area contributed by atoms with E-state index in [1.165, 1.54) is 5.56 Å². The van der Waals surface area contributed by atoms with E-state index < -0.39 is 0 Å². The van der Waals surface area contributed by atoms with E-state index in [0.717, 1.165) is 18.8 Å². The minimum atomic E-state index is 0.612. The Balaban J connectivity index is 2.20. The monoisotopic (exact) mass is 217 g/mol. The van der Waals surface area contributed by atoms with Gasteiger partial charge in [-0.2, -0.15) is 0 Å². The standard InChI is InChI=1S/C14H19NO/c1-3-10-15-11-6-7-12-16-14-9-5-4-8-13(14)2/h3-9,15H,1,10-12H2,2H3/b7-6+. The second-order valence-electron chi connectivity index (χ2n) is 3.49. The molecule has 16 heavy (non-hydrogen) atoms. The Morgan fingerprint density at radius 1 is 1.25 bits per heavy atom. The molecule has 2 nitrogen and oxygen atoms in total. The molecule has 2 heteroatoms. The molecule has 1 N–H and O–H groups in total. The van der Waals surface area contributed by atoms with Crippen LogP contribution in [0.5, 0.6) is 5.75 Å². The van der Waals surface area contributed by atoms with Crippen LogP contribution in [0.4, 0.5) is 0 Å². The first-order chi connectivity index (χ1) is 7.84. The van der Waals surface area contributed by atoms with E-state index in [1.54, 1.807) is 0 Å². The molecule has 0 saturated carbocycles. The molecule has 0 saturated heterocycles. The molecule has 1 aromatic carbocycles. The lowest BCUT2D eigenvalue weighted by Gasteiger charge is -2.05. The van der Waals surface area contributed by atoms with E-state index in [4.69, 9.17) is 4.74 Å². The van der Waals surface area contributed by atoms with Crippen molar-refractivity contribution in [2.75, 3.05) is 19.7 Å². The maximum Gasteiger partial charge on any atom is 0.122 e. The number of para-hydroxylation sites is 1. The number of benzene rings is 1. The molecular formula is C14H19NO. The lowest BCUT2D eigenvalue weighted by molar-refractivity contribution is 0.360. The van der Waals surface area contributed by atoms with Crippen LogP contribution in [0, 0.1) is 6.92 Å². The second kappa shape index (κ2) is 7.71. The zero-order chi connectivity index (χ0) is 11.6. The fourth-order valence-corrected chi connectivity index (χ4v) is 1.28. The van der Waals surface area contributed by atoms with Crippen LogP contribution in [-0.4, -0.2) is 19.7 Å². The summed E-state index contributed by atoms with van der Waals surface area (Å²) < 4.78 is 5.61. The van der Waals surface area contributed by atoms with Crippen molar-refractivity contribution in [2.45, 2.75) is 6.92 Å². The molecule has 0 bridgehead atoms. The zero-order valence-corrected chi connectivity index (χ0v) is 9.78. The smallest absolute Gasteiger partial charge is 0.122 e. The SMILES string of the molecule is C=CCNC/C=C/COc1ccccc1C. The first-order valence-corrected chi connectivity index (χ1v) is 5.49. The predicted octanol–water partition coefficient (Wildman–Crippen LogP) is 2.71. The molecule has 0 heterocycles. The highest BCUT2D eigenvalue weighted by molar-refractivity contribution is 5.31. The maximum absolute atomic E-state index is 5.61. The summed E-state index contributed by atoms with van der Waals surface area (Å²) in [6, 6.07) is 8.03. The van der Waals surface area contributed by atoms with Crippen molar-refractivity contribution in [3.63, 3.8) is 0 Å². The highest BCUT2D eigenvalue weighted by Gasteiger charge is 1.94. The molecule has 0 radical (unpaired) electrons. The summed E-state index contributed by atoms with van der Waals surface area (Å²) in [4.78, 5) is 0. The van der Waals surface area contributed by atoms with Crippen LogP contribution >= 0.6 is 0 Å². The lowest BCUT2D eigenvalue weighted by atomic mass is 10.2. The first-order valence-electron chi connectivity index (χ1n) is 5.49. The zero-order valence-electron chi connectivity index (χ0n) is 9.78. The van der Waals surface area contributed by atoms with Crippen LogP contribution in [-0.2, 0) is 0 Å². The van der Waals surface area contributed by atoms with E-state index in [0.29, 0.717) is 6.61 Å². The van der Waals surface area contributed by atoms with Gasteiger partial charge in [-0.1, -0.05) is 36.4 Å². The third-order valence-electron chi connectivity index (χ3n) is 2.15. The molecule has 0 aliphatic heterocycles. The van der Waals surface area contributed by atoms with Crippen LogP contribution in [0.1, 0.15) is 5.56 Å². The number of nitrogens with one attached hydrogen (secondary N) is 1. The lowest BCUT2D eigenvalue weighted by Crippen LogP contribution is -2.12. The van der Waals surface area contributed by atoms with Gasteiger partial charge in [0.05, 0.1) is 0 Å². The van der Waals surface area contributed by atoms with E-state index in [9.17, 15) is 0 Å². The highest BCUT2D eigenvalue weighted by atomic mass is 16.5. The fourth-order valence-electron chi connectivity index (χ4n) is 1.28. The molecule has 0 aliphatic rings. The maximum atomic E-state index is 5.61. The third-order valence-corrected chi connectivity index (χ3v) is 2.15. The van der Waals surface area contributed by atoms with Crippen molar-refractivity contribution in [1.82, 2.24) is 5.32 Å². The molecule has 0 fully saturated rings. The molecule has 0 unspecified atom stereocenters. The first kappa shape index (κ1) is 12.5. The van der Waals surface area contributed by atoms with Gasteiger partial charge in [-0.05, 0) is 18.6 Å². The summed E-state index contributed by atoms with van der Waals surface area (Å²) >= 11 is 0. The topological polar surface area (TPSA) is 21.3 Å². The minimum Gasteiger partial charge on any atom is -0.489 e. The van der Waals surface area contributed by atoms with Crippen molar-refractivity contribution >= 4 is 0 Å². The summed E-state index contributed by atoms with van der Waals surface area (Å²) in [6.45, 7) is 7.98. The average molecular weight is 217 g/mol. The second-order valence-corrected chi connectivity index (χ2v) is 3.49. The molecule has 0 amide bonds. The van der Waals surface area contributed by atoms with E-state index >= 15 is 0 Å². The molecule has 0 aromatic heterocycles. The van der Waals surface area contributed by atoms with Gasteiger partial charge in [0.15, 0.2) is 0 Å². The van der Waals surface area contributed by atoms with Crippen molar-refractivity contribution in [2.24, 2.45) is 0 Å². The van der Waals surface area contributed by atoms with Gasteiger partial charge >= 0.3 is 0 Å². The molecule has 0 spiro atoms. The van der Waals surface area contributed by atoms with Gasteiger partial charge in [0.1, 0.15) is 12.4 Å². The third kappa shape index (κ3) is 4.80. The molecule has 1 aromatic rings. The van der Waals surface area contributed by atoms with Gasteiger partial charge in [-0.15, -0.1) is 6.58 Å². The van der Waals surface area contributed by atoms with Gasteiger partial charge in [0.2, 0.25) is 0 Å². The number of hydrogen-bond acceptors (Lipinski definition) is 2. The van der Waals surface area contributed by atoms with Gasteiger partial charge in [0, 0.05) is 13.1 Å². The Labute approximate surface area is 97.6 Å². The molecule has 0 atom stereocenters. The van der Waals surface area contributed by atoms with Crippen molar-refractivity contribution in [3.05, 3.63) is 54.6 Å². The minimum absolute atomic E-state index is 0.612. The summed E-state index contributed by atoms with van der Waals surface area (Å²) in [6.07, 6.45) is 5.92. The quantitative estimate of drug-likeness (QED) is 0.560. The molecule has 1 rings (SSSR count). The average Bonchev–Trinajstić information content (AvgIpc) is 2.30. The number of rotatable bonds is 7. The van der Waals surface area contributed by atoms with Crippen LogP contribution in [0.3, 0.4) is 0 Å². The molecule has 0 aliphatic carbocycles. The van der Waals surface area contributed by atoms with Crippen LogP contribution in [0.15, 0.2) is 49.1 Å². The van der Waals surface area contributed by atoms with Gasteiger partial charge < -0.3 is 10.1 Å². The Hall–Kier alpha value is -1.54. The fraction of sp³-hybridized carbons (Fsp3) is 0.286. The highest BCUT2D eigenvalue weighted by Crippen LogP contribution is 2.15. The normalized spacial score (nSPS) is 10.6. The van der Waals surface area contributed by atoms with Gasteiger partial charge in [0.25, 0.3) is 0 Å². The molecular weight excluding hydrogens is 198 g/mol. The number of aryl methyl sites for hydroxylation is 1. The Bertz CT molecular complexity index is 344. The van der Waals surface area contributed by atoms with Crippen LogP contribution in [0.25, 0.3) is 0 Å². The number of ether oxygens (including phenoxy) is 1. The summed E-state index contributed by atoms with van der Waals surface area (Å²) in [7, 11) is 0. The van der Waals surface area contributed by atoms with Gasteiger partial charge in [-0.25, -0.2) is 0 Å². The largest absolute Gasteiger partial charge is 0.489 e. The van der Waals surface area contributed by atoms with E-state index in [2.05, 4.69) is 18.0 Å².